The molecule has 1 aromatic carbocycles. The van der Waals surface area contributed by atoms with Gasteiger partial charge in [0.15, 0.2) is 0 Å². The summed E-state index contributed by atoms with van der Waals surface area (Å²) >= 11 is 6.01. The molecule has 1 aliphatic heterocycles. The van der Waals surface area contributed by atoms with E-state index in [4.69, 9.17) is 17.3 Å². The number of carbonyl (C=O) groups is 2. The van der Waals surface area contributed by atoms with Crippen LogP contribution in [0.1, 0.15) is 12.0 Å². The zero-order valence-corrected chi connectivity index (χ0v) is 10.2. The van der Waals surface area contributed by atoms with Crippen molar-refractivity contribution in [1.29, 1.82) is 0 Å². The fourth-order valence-electron chi connectivity index (χ4n) is 2.02. The van der Waals surface area contributed by atoms with Crippen LogP contribution in [0.25, 0.3) is 0 Å². The van der Waals surface area contributed by atoms with Gasteiger partial charge in [-0.05, 0) is 24.6 Å². The maximum atomic E-state index is 11.8. The molecular weight excluding hydrogens is 240 g/mol. The molecule has 5 heteroatoms. The molecule has 0 aromatic heterocycles. The van der Waals surface area contributed by atoms with Gasteiger partial charge in [-0.3, -0.25) is 9.59 Å². The van der Waals surface area contributed by atoms with Gasteiger partial charge in [-0.1, -0.05) is 17.7 Å². The quantitative estimate of drug-likeness (QED) is 0.867. The topological polar surface area (TPSA) is 63.4 Å². The lowest BCUT2D eigenvalue weighted by molar-refractivity contribution is -0.123. The standard InChI is InChI=1S/C12H13ClN2O2/c1-7-9(13)3-2-4-10(7)15-6-8(12(14)17)5-11(15)16/h2-4,8H,5-6H2,1H3,(H2,14,17)/t8-/m1/s1. The summed E-state index contributed by atoms with van der Waals surface area (Å²) in [7, 11) is 0. The molecule has 1 atom stereocenters. The molecule has 17 heavy (non-hydrogen) atoms. The molecule has 2 rings (SSSR count). The van der Waals surface area contributed by atoms with Crippen molar-refractivity contribution in [3.8, 4) is 0 Å². The molecule has 4 nitrogen and oxygen atoms in total. The first-order valence-electron chi connectivity index (χ1n) is 5.35. The first-order valence-corrected chi connectivity index (χ1v) is 5.73. The highest BCUT2D eigenvalue weighted by Gasteiger charge is 2.34. The highest BCUT2D eigenvalue weighted by Crippen LogP contribution is 2.31. The lowest BCUT2D eigenvalue weighted by atomic mass is 10.1. The second-order valence-electron chi connectivity index (χ2n) is 4.19. The number of hydrogen-bond donors (Lipinski definition) is 1. The van der Waals surface area contributed by atoms with Crippen molar-refractivity contribution in [2.24, 2.45) is 11.7 Å². The van der Waals surface area contributed by atoms with Crippen LogP contribution in [-0.2, 0) is 9.59 Å². The summed E-state index contributed by atoms with van der Waals surface area (Å²) in [5, 5.41) is 0.609. The number of anilines is 1. The third-order valence-electron chi connectivity index (χ3n) is 3.06. The highest BCUT2D eigenvalue weighted by molar-refractivity contribution is 6.31. The van der Waals surface area contributed by atoms with E-state index in [1.54, 1.807) is 17.0 Å². The van der Waals surface area contributed by atoms with Crippen molar-refractivity contribution >= 4 is 29.1 Å². The normalized spacial score (nSPS) is 19.8. The van der Waals surface area contributed by atoms with Crippen LogP contribution >= 0.6 is 11.6 Å². The molecule has 0 aliphatic carbocycles. The Kier molecular flexibility index (Phi) is 3.07. The van der Waals surface area contributed by atoms with Gasteiger partial charge in [-0.2, -0.15) is 0 Å². The number of primary amides is 1. The minimum absolute atomic E-state index is 0.0841. The van der Waals surface area contributed by atoms with E-state index in [-0.39, 0.29) is 12.3 Å². The van der Waals surface area contributed by atoms with E-state index in [1.165, 1.54) is 0 Å². The third kappa shape index (κ3) is 2.13. The second kappa shape index (κ2) is 4.37. The number of rotatable bonds is 2. The Labute approximate surface area is 104 Å². The fourth-order valence-corrected chi connectivity index (χ4v) is 2.19. The van der Waals surface area contributed by atoms with Gasteiger partial charge in [-0.25, -0.2) is 0 Å². The van der Waals surface area contributed by atoms with Gasteiger partial charge in [0.2, 0.25) is 11.8 Å². The Bertz CT molecular complexity index is 487. The Morgan fingerprint density at radius 2 is 2.24 bits per heavy atom. The first-order chi connectivity index (χ1) is 8.00. The van der Waals surface area contributed by atoms with E-state index in [1.807, 2.05) is 13.0 Å². The maximum Gasteiger partial charge on any atom is 0.227 e. The van der Waals surface area contributed by atoms with Gasteiger partial charge >= 0.3 is 0 Å². The molecule has 0 spiro atoms. The van der Waals surface area contributed by atoms with Crippen LogP contribution in [-0.4, -0.2) is 18.4 Å². The minimum atomic E-state index is -0.430. The number of benzene rings is 1. The first kappa shape index (κ1) is 11.9. The predicted molar refractivity (Wildman–Crippen MR) is 65.8 cm³/mol. The molecular formula is C12H13ClN2O2. The molecule has 1 aromatic rings. The van der Waals surface area contributed by atoms with Gasteiger partial charge in [-0.15, -0.1) is 0 Å². The Balaban J connectivity index is 2.32. The SMILES string of the molecule is Cc1c(Cl)cccc1N1C[C@H](C(N)=O)CC1=O. The van der Waals surface area contributed by atoms with E-state index in [2.05, 4.69) is 0 Å². The second-order valence-corrected chi connectivity index (χ2v) is 4.60. The Morgan fingerprint density at radius 3 is 2.82 bits per heavy atom. The molecule has 1 heterocycles. The largest absolute Gasteiger partial charge is 0.369 e. The van der Waals surface area contributed by atoms with Crippen molar-refractivity contribution in [2.45, 2.75) is 13.3 Å². The van der Waals surface area contributed by atoms with Gasteiger partial charge < -0.3 is 10.6 Å². The summed E-state index contributed by atoms with van der Waals surface area (Å²) in [6.07, 6.45) is 0.182. The molecule has 0 radical (unpaired) electrons. The van der Waals surface area contributed by atoms with Crippen molar-refractivity contribution in [2.75, 3.05) is 11.4 Å². The minimum Gasteiger partial charge on any atom is -0.369 e. The van der Waals surface area contributed by atoms with Crippen LogP contribution in [0.15, 0.2) is 18.2 Å². The van der Waals surface area contributed by atoms with Gasteiger partial charge in [0.25, 0.3) is 0 Å². The molecule has 90 valence electrons. The van der Waals surface area contributed by atoms with Crippen molar-refractivity contribution < 1.29 is 9.59 Å². The van der Waals surface area contributed by atoms with E-state index < -0.39 is 11.8 Å². The number of nitrogens with zero attached hydrogens (tertiary/aromatic N) is 1. The number of carbonyl (C=O) groups excluding carboxylic acids is 2. The van der Waals surface area contributed by atoms with Crippen LogP contribution in [0.3, 0.4) is 0 Å². The summed E-state index contributed by atoms with van der Waals surface area (Å²) in [6.45, 7) is 2.19. The van der Waals surface area contributed by atoms with Crippen molar-refractivity contribution in [3.63, 3.8) is 0 Å². The summed E-state index contributed by atoms with van der Waals surface area (Å²) in [5.74, 6) is -0.916. The highest BCUT2D eigenvalue weighted by atomic mass is 35.5. The molecule has 0 unspecified atom stereocenters. The van der Waals surface area contributed by atoms with Crippen LogP contribution in [0.4, 0.5) is 5.69 Å². The molecule has 0 saturated carbocycles. The molecule has 1 saturated heterocycles. The summed E-state index contributed by atoms with van der Waals surface area (Å²) in [5.41, 5.74) is 6.82. The van der Waals surface area contributed by atoms with Crippen LogP contribution in [0.5, 0.6) is 0 Å². The number of hydrogen-bond acceptors (Lipinski definition) is 2. The van der Waals surface area contributed by atoms with E-state index in [9.17, 15) is 9.59 Å². The Hall–Kier alpha value is -1.55. The van der Waals surface area contributed by atoms with Crippen LogP contribution in [0, 0.1) is 12.8 Å². The van der Waals surface area contributed by atoms with Crippen LogP contribution < -0.4 is 10.6 Å². The number of halogens is 1. The van der Waals surface area contributed by atoms with Crippen LogP contribution in [0.2, 0.25) is 5.02 Å². The predicted octanol–water partition coefficient (Wildman–Crippen LogP) is 1.49. The maximum absolute atomic E-state index is 11.8. The molecule has 2 amide bonds. The van der Waals surface area contributed by atoms with E-state index in [0.717, 1.165) is 11.3 Å². The number of amides is 2. The Morgan fingerprint density at radius 1 is 1.53 bits per heavy atom. The average molecular weight is 253 g/mol. The molecule has 1 fully saturated rings. The van der Waals surface area contributed by atoms with E-state index in [0.29, 0.717) is 11.6 Å². The van der Waals surface area contributed by atoms with Gasteiger partial charge in [0.05, 0.1) is 5.92 Å². The zero-order chi connectivity index (χ0) is 12.6. The fraction of sp³-hybridized carbons (Fsp3) is 0.333. The van der Waals surface area contributed by atoms with Gasteiger partial charge in [0.1, 0.15) is 0 Å². The van der Waals surface area contributed by atoms with Crippen molar-refractivity contribution in [1.82, 2.24) is 0 Å². The monoisotopic (exact) mass is 252 g/mol. The average Bonchev–Trinajstić information content (AvgIpc) is 2.65. The van der Waals surface area contributed by atoms with Crippen molar-refractivity contribution in [3.05, 3.63) is 28.8 Å². The van der Waals surface area contributed by atoms with E-state index >= 15 is 0 Å². The summed E-state index contributed by atoms with van der Waals surface area (Å²) in [6, 6.07) is 5.38. The third-order valence-corrected chi connectivity index (χ3v) is 3.47. The smallest absolute Gasteiger partial charge is 0.227 e. The molecule has 0 bridgehead atoms. The molecule has 1 aliphatic rings. The zero-order valence-electron chi connectivity index (χ0n) is 9.44. The summed E-state index contributed by atoms with van der Waals surface area (Å²) in [4.78, 5) is 24.5. The molecule has 2 N–H and O–H groups in total. The lowest BCUT2D eigenvalue weighted by Crippen LogP contribution is -2.28. The lowest BCUT2D eigenvalue weighted by Gasteiger charge is -2.19. The van der Waals surface area contributed by atoms with Gasteiger partial charge in [0, 0.05) is 23.7 Å². The number of nitrogens with two attached hydrogens (primary N) is 1. The summed E-state index contributed by atoms with van der Waals surface area (Å²) < 4.78 is 0.